The van der Waals surface area contributed by atoms with Crippen LogP contribution in [0, 0.1) is 6.92 Å². The third kappa shape index (κ3) is 2.64. The molecule has 20 heavy (non-hydrogen) atoms. The number of benzene rings is 1. The molecular formula is C16H23N3O. The van der Waals surface area contributed by atoms with Crippen molar-refractivity contribution in [3.8, 4) is 0 Å². The fourth-order valence-electron chi connectivity index (χ4n) is 2.66. The molecule has 0 spiro atoms. The third-order valence-corrected chi connectivity index (χ3v) is 3.58. The summed E-state index contributed by atoms with van der Waals surface area (Å²) < 4.78 is 3.78. The first-order valence-electron chi connectivity index (χ1n) is 7.22. The minimum Gasteiger partial charge on any atom is -0.393 e. The van der Waals surface area contributed by atoms with Gasteiger partial charge in [0.25, 0.3) is 5.56 Å². The Hall–Kier alpha value is -1.97. The molecule has 2 aromatic rings. The molecule has 2 rings (SSSR count). The summed E-state index contributed by atoms with van der Waals surface area (Å²) >= 11 is 0. The number of hydrogen-bond donors (Lipinski definition) is 1. The molecule has 0 fully saturated rings. The molecule has 1 heterocycles. The highest BCUT2D eigenvalue weighted by Crippen LogP contribution is 2.13. The fourth-order valence-corrected chi connectivity index (χ4v) is 2.66. The van der Waals surface area contributed by atoms with Crippen molar-refractivity contribution in [3.63, 3.8) is 0 Å². The van der Waals surface area contributed by atoms with E-state index in [9.17, 15) is 4.79 Å². The van der Waals surface area contributed by atoms with Crippen LogP contribution in [0.2, 0.25) is 0 Å². The molecule has 0 saturated carbocycles. The van der Waals surface area contributed by atoms with Crippen molar-refractivity contribution in [2.75, 3.05) is 5.73 Å². The van der Waals surface area contributed by atoms with Crippen LogP contribution in [0.5, 0.6) is 0 Å². The third-order valence-electron chi connectivity index (χ3n) is 3.58. The summed E-state index contributed by atoms with van der Waals surface area (Å²) in [5.41, 5.74) is 9.62. The van der Waals surface area contributed by atoms with Crippen molar-refractivity contribution < 1.29 is 0 Å². The summed E-state index contributed by atoms with van der Waals surface area (Å²) in [6.07, 6.45) is 1.83. The average molecular weight is 273 g/mol. The van der Waals surface area contributed by atoms with Gasteiger partial charge in [0.05, 0.1) is 12.2 Å². The highest BCUT2D eigenvalue weighted by atomic mass is 16.1. The van der Waals surface area contributed by atoms with Crippen molar-refractivity contribution in [2.24, 2.45) is 0 Å². The first kappa shape index (κ1) is 14.4. The molecule has 0 aliphatic rings. The molecule has 0 aliphatic carbocycles. The number of anilines is 1. The fraction of sp³-hybridized carbons (Fsp3) is 0.438. The Balaban J connectivity index is 2.46. The second-order valence-electron chi connectivity index (χ2n) is 5.18. The number of hydrogen-bond acceptors (Lipinski definition) is 2. The van der Waals surface area contributed by atoms with Gasteiger partial charge in [0.15, 0.2) is 0 Å². The molecule has 1 aromatic carbocycles. The Morgan fingerprint density at radius 1 is 1.20 bits per heavy atom. The summed E-state index contributed by atoms with van der Waals surface area (Å²) in [5.74, 6) is 0. The van der Waals surface area contributed by atoms with E-state index < -0.39 is 0 Å². The van der Waals surface area contributed by atoms with Crippen molar-refractivity contribution in [1.29, 1.82) is 0 Å². The van der Waals surface area contributed by atoms with Crippen molar-refractivity contribution in [2.45, 2.75) is 46.7 Å². The second-order valence-corrected chi connectivity index (χ2v) is 5.18. The van der Waals surface area contributed by atoms with E-state index in [0.717, 1.165) is 30.6 Å². The molecule has 1 aromatic heterocycles. The minimum absolute atomic E-state index is 0.0724. The summed E-state index contributed by atoms with van der Waals surface area (Å²) in [6, 6.07) is 8.23. The highest BCUT2D eigenvalue weighted by Gasteiger charge is 2.16. The molecule has 0 atom stereocenters. The van der Waals surface area contributed by atoms with Gasteiger partial charge in [-0.15, -0.1) is 0 Å². The summed E-state index contributed by atoms with van der Waals surface area (Å²) in [4.78, 5) is 12.4. The average Bonchev–Trinajstić information content (AvgIpc) is 2.64. The second kappa shape index (κ2) is 5.99. The quantitative estimate of drug-likeness (QED) is 0.910. The van der Waals surface area contributed by atoms with Crippen LogP contribution >= 0.6 is 0 Å². The number of aromatic nitrogens is 2. The van der Waals surface area contributed by atoms with Gasteiger partial charge in [0.2, 0.25) is 0 Å². The van der Waals surface area contributed by atoms with E-state index in [2.05, 4.69) is 26.0 Å². The monoisotopic (exact) mass is 273 g/mol. The van der Waals surface area contributed by atoms with E-state index >= 15 is 0 Å². The Morgan fingerprint density at radius 3 is 2.55 bits per heavy atom. The van der Waals surface area contributed by atoms with Gasteiger partial charge in [-0.25, -0.2) is 4.68 Å². The van der Waals surface area contributed by atoms with Crippen molar-refractivity contribution in [1.82, 2.24) is 9.36 Å². The molecule has 0 aliphatic heterocycles. The van der Waals surface area contributed by atoms with Gasteiger partial charge in [0, 0.05) is 6.54 Å². The molecule has 0 radical (unpaired) electrons. The summed E-state index contributed by atoms with van der Waals surface area (Å²) in [7, 11) is 0. The van der Waals surface area contributed by atoms with Crippen LogP contribution in [0.25, 0.3) is 0 Å². The van der Waals surface area contributed by atoms with E-state index in [1.54, 1.807) is 4.68 Å². The van der Waals surface area contributed by atoms with Gasteiger partial charge in [0.1, 0.15) is 5.69 Å². The smallest absolute Gasteiger partial charge is 0.290 e. The van der Waals surface area contributed by atoms with E-state index in [4.69, 9.17) is 5.73 Å². The van der Waals surface area contributed by atoms with Gasteiger partial charge in [-0.3, -0.25) is 9.48 Å². The van der Waals surface area contributed by atoms with Gasteiger partial charge >= 0.3 is 0 Å². The van der Waals surface area contributed by atoms with E-state index in [0.29, 0.717) is 12.2 Å². The molecule has 0 unspecified atom stereocenters. The SMILES string of the molecule is CCCc1c(N)c(=O)n(Cc2cccc(C)c2)n1CC. The molecule has 108 valence electrons. The Morgan fingerprint density at radius 2 is 1.95 bits per heavy atom. The van der Waals surface area contributed by atoms with Crippen molar-refractivity contribution in [3.05, 3.63) is 51.4 Å². The standard InChI is InChI=1S/C16H23N3O/c1-4-7-14-15(17)16(20)19(18(14)5-2)11-13-9-6-8-12(3)10-13/h6,8-10H,4-5,7,11,17H2,1-3H3. The minimum atomic E-state index is -0.0724. The van der Waals surface area contributed by atoms with Gasteiger partial charge < -0.3 is 5.73 Å². The summed E-state index contributed by atoms with van der Waals surface area (Å²) in [5, 5.41) is 0. The van der Waals surface area contributed by atoms with Crippen LogP contribution in [-0.2, 0) is 19.5 Å². The molecule has 4 heteroatoms. The highest BCUT2D eigenvalue weighted by molar-refractivity contribution is 5.42. The number of nitrogen functional groups attached to an aromatic ring is 1. The maximum Gasteiger partial charge on any atom is 0.290 e. The molecule has 0 saturated heterocycles. The lowest BCUT2D eigenvalue weighted by Crippen LogP contribution is -2.24. The topological polar surface area (TPSA) is 53.0 Å². The Labute approximate surface area is 119 Å². The Kier molecular flexibility index (Phi) is 4.32. The molecule has 0 bridgehead atoms. The summed E-state index contributed by atoms with van der Waals surface area (Å²) in [6.45, 7) is 7.53. The molecule has 0 amide bonds. The van der Waals surface area contributed by atoms with Crippen LogP contribution in [0.4, 0.5) is 5.69 Å². The number of aryl methyl sites for hydroxylation is 1. The van der Waals surface area contributed by atoms with E-state index in [1.807, 2.05) is 23.7 Å². The van der Waals surface area contributed by atoms with Crippen LogP contribution in [0.3, 0.4) is 0 Å². The van der Waals surface area contributed by atoms with Crippen LogP contribution in [0.1, 0.15) is 37.1 Å². The molecule has 2 N–H and O–H groups in total. The number of rotatable bonds is 5. The lowest BCUT2D eigenvalue weighted by Gasteiger charge is -2.13. The molecule has 4 nitrogen and oxygen atoms in total. The predicted octanol–water partition coefficient (Wildman–Crippen LogP) is 2.56. The Bertz CT molecular complexity index is 652. The van der Waals surface area contributed by atoms with Crippen LogP contribution < -0.4 is 11.3 Å². The number of nitrogens with two attached hydrogens (primary N) is 1. The predicted molar refractivity (Wildman–Crippen MR) is 83.1 cm³/mol. The zero-order chi connectivity index (χ0) is 14.7. The van der Waals surface area contributed by atoms with Crippen LogP contribution in [0.15, 0.2) is 29.1 Å². The van der Waals surface area contributed by atoms with Crippen molar-refractivity contribution >= 4 is 5.69 Å². The van der Waals surface area contributed by atoms with Gasteiger partial charge in [-0.2, -0.15) is 0 Å². The maximum absolute atomic E-state index is 12.4. The van der Waals surface area contributed by atoms with Gasteiger partial charge in [-0.1, -0.05) is 43.2 Å². The molecular weight excluding hydrogens is 250 g/mol. The van der Waals surface area contributed by atoms with E-state index in [-0.39, 0.29) is 5.56 Å². The first-order valence-corrected chi connectivity index (χ1v) is 7.22. The van der Waals surface area contributed by atoms with Crippen LogP contribution in [-0.4, -0.2) is 9.36 Å². The first-order chi connectivity index (χ1) is 9.58. The zero-order valence-corrected chi connectivity index (χ0v) is 12.5. The van der Waals surface area contributed by atoms with Gasteiger partial charge in [-0.05, 0) is 25.8 Å². The maximum atomic E-state index is 12.4. The largest absolute Gasteiger partial charge is 0.393 e. The normalized spacial score (nSPS) is 10.9. The number of nitrogens with zero attached hydrogens (tertiary/aromatic N) is 2. The lowest BCUT2D eigenvalue weighted by atomic mass is 10.1. The zero-order valence-electron chi connectivity index (χ0n) is 12.5. The lowest BCUT2D eigenvalue weighted by molar-refractivity contribution is 0.471. The van der Waals surface area contributed by atoms with E-state index in [1.165, 1.54) is 5.56 Å².